The first-order valence-electron chi connectivity index (χ1n) is 9.94. The molecule has 1 aliphatic heterocycles. The predicted molar refractivity (Wildman–Crippen MR) is 115 cm³/mol. The first-order valence-corrected chi connectivity index (χ1v) is 10.8. The van der Waals surface area contributed by atoms with Crippen LogP contribution in [0, 0.1) is 18.7 Å². The van der Waals surface area contributed by atoms with Crippen molar-refractivity contribution in [1.29, 1.82) is 0 Å². The van der Waals surface area contributed by atoms with Gasteiger partial charge in [-0.05, 0) is 37.1 Å². The summed E-state index contributed by atoms with van der Waals surface area (Å²) in [6.07, 6.45) is 1.21. The Morgan fingerprint density at radius 2 is 2.07 bits per heavy atom. The van der Waals surface area contributed by atoms with Gasteiger partial charge in [-0.2, -0.15) is 0 Å². The maximum atomic E-state index is 13.7. The van der Waals surface area contributed by atoms with Crippen molar-refractivity contribution in [3.63, 3.8) is 0 Å². The van der Waals surface area contributed by atoms with Crippen molar-refractivity contribution >= 4 is 39.2 Å². The lowest BCUT2D eigenvalue weighted by molar-refractivity contribution is -0.132. The number of hydrogen-bond acceptors (Lipinski definition) is 5. The second kappa shape index (κ2) is 8.10. The SMILES string of the molecule is Cc1cc(C(=O)Nc2nc3c(s2)CN(C(=O)CC(C)C)CC3)c2cc(F)ccc2n1. The highest BCUT2D eigenvalue weighted by atomic mass is 32.1. The van der Waals surface area contributed by atoms with Crippen LogP contribution in [0.5, 0.6) is 0 Å². The molecule has 0 fully saturated rings. The highest BCUT2D eigenvalue weighted by Crippen LogP contribution is 2.30. The van der Waals surface area contributed by atoms with Gasteiger partial charge in [-0.25, -0.2) is 9.37 Å². The van der Waals surface area contributed by atoms with Gasteiger partial charge in [0.1, 0.15) is 5.82 Å². The standard InChI is InChI=1S/C22H23FN4O2S/c1-12(2)8-20(28)27-7-6-18-19(11-27)30-22(25-18)26-21(29)16-9-13(3)24-17-5-4-14(23)10-15(16)17/h4-5,9-10,12H,6-8,11H2,1-3H3,(H,25,26,29). The van der Waals surface area contributed by atoms with Crippen LogP contribution in [-0.2, 0) is 17.8 Å². The normalized spacial score (nSPS) is 13.6. The molecule has 0 saturated heterocycles. The van der Waals surface area contributed by atoms with E-state index >= 15 is 0 Å². The Labute approximate surface area is 178 Å². The Kier molecular flexibility index (Phi) is 5.51. The number of nitrogens with zero attached hydrogens (tertiary/aromatic N) is 3. The highest BCUT2D eigenvalue weighted by Gasteiger charge is 2.25. The maximum absolute atomic E-state index is 13.7. The maximum Gasteiger partial charge on any atom is 0.258 e. The zero-order valence-corrected chi connectivity index (χ0v) is 18.0. The topological polar surface area (TPSA) is 75.2 Å². The van der Waals surface area contributed by atoms with E-state index in [1.54, 1.807) is 19.1 Å². The summed E-state index contributed by atoms with van der Waals surface area (Å²) in [6, 6.07) is 5.87. The molecule has 3 aromatic rings. The van der Waals surface area contributed by atoms with E-state index in [4.69, 9.17) is 0 Å². The van der Waals surface area contributed by atoms with Crippen LogP contribution in [0.2, 0.25) is 0 Å². The zero-order chi connectivity index (χ0) is 21.4. The quantitative estimate of drug-likeness (QED) is 0.674. The van der Waals surface area contributed by atoms with Crippen LogP contribution in [0.15, 0.2) is 24.3 Å². The van der Waals surface area contributed by atoms with E-state index in [0.29, 0.717) is 59.1 Å². The van der Waals surface area contributed by atoms with Crippen LogP contribution >= 0.6 is 11.3 Å². The average molecular weight is 427 g/mol. The molecule has 0 unspecified atom stereocenters. The minimum atomic E-state index is -0.418. The number of hydrogen-bond donors (Lipinski definition) is 1. The van der Waals surface area contributed by atoms with Crippen LogP contribution < -0.4 is 5.32 Å². The largest absolute Gasteiger partial charge is 0.337 e. The van der Waals surface area contributed by atoms with Gasteiger partial charge < -0.3 is 4.90 Å². The van der Waals surface area contributed by atoms with Crippen molar-refractivity contribution in [1.82, 2.24) is 14.9 Å². The van der Waals surface area contributed by atoms with Gasteiger partial charge in [0.2, 0.25) is 5.91 Å². The molecule has 1 N–H and O–H groups in total. The lowest BCUT2D eigenvalue weighted by Gasteiger charge is -2.26. The van der Waals surface area contributed by atoms with Gasteiger partial charge in [-0.15, -0.1) is 0 Å². The Morgan fingerprint density at radius 3 is 2.83 bits per heavy atom. The average Bonchev–Trinajstić information content (AvgIpc) is 3.08. The summed E-state index contributed by atoms with van der Waals surface area (Å²) in [5.74, 6) is -0.304. The number of benzene rings is 1. The van der Waals surface area contributed by atoms with Crippen molar-refractivity contribution < 1.29 is 14.0 Å². The first-order chi connectivity index (χ1) is 14.3. The third-order valence-electron chi connectivity index (χ3n) is 5.03. The Bertz CT molecular complexity index is 1140. The molecule has 2 aromatic heterocycles. The third-order valence-corrected chi connectivity index (χ3v) is 6.03. The van der Waals surface area contributed by atoms with E-state index in [-0.39, 0.29) is 11.8 Å². The molecular weight excluding hydrogens is 403 g/mol. The number of carbonyl (C=O) groups is 2. The van der Waals surface area contributed by atoms with Crippen molar-refractivity contribution in [2.75, 3.05) is 11.9 Å². The van der Waals surface area contributed by atoms with E-state index in [1.165, 1.54) is 23.5 Å². The summed E-state index contributed by atoms with van der Waals surface area (Å²) in [5, 5.41) is 3.80. The summed E-state index contributed by atoms with van der Waals surface area (Å²) in [6.45, 7) is 7.03. The number of aromatic nitrogens is 2. The molecular formula is C22H23FN4O2S. The van der Waals surface area contributed by atoms with Crippen LogP contribution in [-0.4, -0.2) is 33.2 Å². The van der Waals surface area contributed by atoms with Crippen molar-refractivity contribution in [3.05, 3.63) is 51.9 Å². The van der Waals surface area contributed by atoms with Crippen molar-refractivity contribution in [2.24, 2.45) is 5.92 Å². The molecule has 0 spiro atoms. The number of amides is 2. The molecule has 1 aliphatic rings. The molecule has 8 heteroatoms. The molecule has 4 rings (SSSR count). The predicted octanol–water partition coefficient (Wildman–Crippen LogP) is 4.32. The van der Waals surface area contributed by atoms with Crippen LogP contribution in [0.25, 0.3) is 10.9 Å². The molecule has 3 heterocycles. The number of thiazole rings is 1. The minimum Gasteiger partial charge on any atom is -0.337 e. The molecule has 156 valence electrons. The number of rotatable bonds is 4. The van der Waals surface area contributed by atoms with Crippen LogP contribution in [0.3, 0.4) is 0 Å². The number of anilines is 1. The Balaban J connectivity index is 1.55. The van der Waals surface area contributed by atoms with Gasteiger partial charge in [0.15, 0.2) is 5.13 Å². The van der Waals surface area contributed by atoms with E-state index in [1.807, 2.05) is 18.7 Å². The molecule has 6 nitrogen and oxygen atoms in total. The van der Waals surface area contributed by atoms with Gasteiger partial charge in [0.25, 0.3) is 5.91 Å². The van der Waals surface area contributed by atoms with Gasteiger partial charge >= 0.3 is 0 Å². The third kappa shape index (κ3) is 4.18. The fourth-order valence-corrected chi connectivity index (χ4v) is 4.64. The van der Waals surface area contributed by atoms with E-state index < -0.39 is 5.82 Å². The van der Waals surface area contributed by atoms with Crippen molar-refractivity contribution in [2.45, 2.75) is 40.2 Å². The number of fused-ring (bicyclic) bond motifs is 2. The molecule has 2 amide bonds. The van der Waals surface area contributed by atoms with Gasteiger partial charge in [0.05, 0.1) is 23.3 Å². The lowest BCUT2D eigenvalue weighted by Crippen LogP contribution is -2.36. The number of halogens is 1. The molecule has 1 aromatic carbocycles. The van der Waals surface area contributed by atoms with Crippen molar-refractivity contribution in [3.8, 4) is 0 Å². The summed E-state index contributed by atoms with van der Waals surface area (Å²) in [5.41, 5.74) is 2.53. The van der Waals surface area contributed by atoms with Gasteiger partial charge in [-0.3, -0.25) is 19.9 Å². The second-order valence-corrected chi connectivity index (χ2v) is 9.06. The molecule has 0 radical (unpaired) electrons. The van der Waals surface area contributed by atoms with E-state index in [2.05, 4.69) is 15.3 Å². The number of carbonyl (C=O) groups excluding carboxylic acids is 2. The fraction of sp³-hybridized carbons (Fsp3) is 0.364. The molecule has 30 heavy (non-hydrogen) atoms. The number of aryl methyl sites for hydroxylation is 1. The van der Waals surface area contributed by atoms with Gasteiger partial charge in [0, 0.05) is 35.3 Å². The smallest absolute Gasteiger partial charge is 0.258 e. The van der Waals surface area contributed by atoms with Gasteiger partial charge in [-0.1, -0.05) is 25.2 Å². The van der Waals surface area contributed by atoms with E-state index in [0.717, 1.165) is 10.6 Å². The monoisotopic (exact) mass is 426 g/mol. The molecule has 0 aliphatic carbocycles. The summed E-state index contributed by atoms with van der Waals surface area (Å²) < 4.78 is 13.7. The summed E-state index contributed by atoms with van der Waals surface area (Å²) in [7, 11) is 0. The fourth-order valence-electron chi connectivity index (χ4n) is 3.62. The summed E-state index contributed by atoms with van der Waals surface area (Å²) >= 11 is 1.38. The van der Waals surface area contributed by atoms with Crippen LogP contribution in [0.1, 0.15) is 46.9 Å². The van der Waals surface area contributed by atoms with E-state index in [9.17, 15) is 14.0 Å². The Hall–Kier alpha value is -2.87. The highest BCUT2D eigenvalue weighted by molar-refractivity contribution is 7.15. The molecule has 0 saturated carbocycles. The Morgan fingerprint density at radius 1 is 1.27 bits per heavy atom. The number of nitrogens with one attached hydrogen (secondary N) is 1. The minimum absolute atomic E-state index is 0.149. The lowest BCUT2D eigenvalue weighted by atomic mass is 10.1. The second-order valence-electron chi connectivity index (χ2n) is 7.98. The first kappa shape index (κ1) is 20.4. The summed E-state index contributed by atoms with van der Waals surface area (Å²) in [4.78, 5) is 37.1. The molecule has 0 bridgehead atoms. The van der Waals surface area contributed by atoms with Crippen LogP contribution in [0.4, 0.5) is 9.52 Å². The zero-order valence-electron chi connectivity index (χ0n) is 17.2. The number of pyridine rings is 1. The molecule has 0 atom stereocenters.